The molecule has 2 aromatic rings. The fourth-order valence-corrected chi connectivity index (χ4v) is 4.09. The van der Waals surface area contributed by atoms with Crippen LogP contribution in [-0.2, 0) is 11.2 Å². The number of carbonyl (C=O) groups excluding carboxylic acids is 2. The lowest BCUT2D eigenvalue weighted by Gasteiger charge is -2.23. The molecule has 0 spiro atoms. The van der Waals surface area contributed by atoms with Gasteiger partial charge < -0.3 is 4.74 Å². The Labute approximate surface area is 173 Å². The summed E-state index contributed by atoms with van der Waals surface area (Å²) in [4.78, 5) is 31.3. The summed E-state index contributed by atoms with van der Waals surface area (Å²) in [5, 5.41) is 1.27. The van der Waals surface area contributed by atoms with E-state index in [1.54, 1.807) is 66.2 Å². The average Bonchev–Trinajstić information content (AvgIpc) is 3.09. The summed E-state index contributed by atoms with van der Waals surface area (Å²) in [6.45, 7) is 3.52. The van der Waals surface area contributed by atoms with Crippen LogP contribution in [0, 0.1) is 0 Å². The van der Waals surface area contributed by atoms with Gasteiger partial charge in [0, 0.05) is 21.9 Å². The molecule has 0 N–H and O–H groups in total. The molecule has 0 aromatic heterocycles. The molecule has 0 aliphatic carbocycles. The SMILES string of the molecule is COc1ccc(C(C)=O)cc1CC(=O)N(C1=N[C@H](C)CS1)c1ccc(Cl)cc1. The van der Waals surface area contributed by atoms with Gasteiger partial charge >= 0.3 is 0 Å². The van der Waals surface area contributed by atoms with Gasteiger partial charge in [-0.25, -0.2) is 0 Å². The van der Waals surface area contributed by atoms with Crippen LogP contribution >= 0.6 is 23.4 Å². The molecule has 0 radical (unpaired) electrons. The lowest BCUT2D eigenvalue weighted by atomic mass is 10.0. The number of amidine groups is 1. The van der Waals surface area contributed by atoms with Crippen molar-refractivity contribution in [3.63, 3.8) is 0 Å². The minimum Gasteiger partial charge on any atom is -0.496 e. The Balaban J connectivity index is 1.96. The summed E-state index contributed by atoms with van der Waals surface area (Å²) in [7, 11) is 1.55. The second kappa shape index (κ2) is 8.80. The maximum Gasteiger partial charge on any atom is 0.237 e. The number of halogens is 1. The second-order valence-electron chi connectivity index (χ2n) is 6.54. The molecule has 1 amide bonds. The summed E-state index contributed by atoms with van der Waals surface area (Å²) in [6, 6.07) is 12.4. The first-order valence-corrected chi connectivity index (χ1v) is 10.2. The normalized spacial score (nSPS) is 15.9. The molecule has 0 unspecified atom stereocenters. The molecule has 1 aliphatic heterocycles. The highest BCUT2D eigenvalue weighted by Crippen LogP contribution is 2.29. The summed E-state index contributed by atoms with van der Waals surface area (Å²) >= 11 is 7.56. The molecule has 2 aromatic carbocycles. The summed E-state index contributed by atoms with van der Waals surface area (Å²) < 4.78 is 5.39. The zero-order valence-corrected chi connectivity index (χ0v) is 17.5. The Bertz CT molecular complexity index is 928. The minimum absolute atomic E-state index is 0.0598. The summed E-state index contributed by atoms with van der Waals surface area (Å²) in [5.41, 5.74) is 1.91. The van der Waals surface area contributed by atoms with E-state index in [9.17, 15) is 9.59 Å². The Morgan fingerprint density at radius 1 is 1.25 bits per heavy atom. The van der Waals surface area contributed by atoms with Gasteiger partial charge in [-0.3, -0.25) is 19.5 Å². The van der Waals surface area contributed by atoms with Crippen LogP contribution in [0.5, 0.6) is 5.75 Å². The molecular weight excluding hydrogens is 396 g/mol. The van der Waals surface area contributed by atoms with Crippen LogP contribution in [0.3, 0.4) is 0 Å². The fraction of sp³-hybridized carbons (Fsp3) is 0.286. The molecule has 0 bridgehead atoms. The maximum atomic E-state index is 13.3. The van der Waals surface area contributed by atoms with E-state index in [1.165, 1.54) is 6.92 Å². The van der Waals surface area contributed by atoms with Crippen molar-refractivity contribution >= 4 is 45.9 Å². The van der Waals surface area contributed by atoms with Gasteiger partial charge in [0.05, 0.1) is 25.3 Å². The molecule has 7 heteroatoms. The lowest BCUT2D eigenvalue weighted by Crippen LogP contribution is -2.36. The molecule has 5 nitrogen and oxygen atoms in total. The van der Waals surface area contributed by atoms with Gasteiger partial charge in [-0.15, -0.1) is 0 Å². The number of aliphatic imine (C=N–C) groups is 1. The van der Waals surface area contributed by atoms with E-state index in [2.05, 4.69) is 4.99 Å². The summed E-state index contributed by atoms with van der Waals surface area (Å²) in [5.74, 6) is 1.19. The first-order valence-electron chi connectivity index (χ1n) is 8.86. The van der Waals surface area contributed by atoms with Crippen LogP contribution in [0.2, 0.25) is 5.02 Å². The number of hydrogen-bond acceptors (Lipinski definition) is 5. The highest BCUT2D eigenvalue weighted by Gasteiger charge is 2.27. The Hall–Kier alpha value is -2.31. The standard InChI is InChI=1S/C21H21ClN2O3S/c1-13-12-28-21(23-13)24(18-7-5-17(22)6-8-18)20(26)11-16-10-15(14(2)25)4-9-19(16)27-3/h4-10,13H,11-12H2,1-3H3/t13-/m1/s1. The second-order valence-corrected chi connectivity index (χ2v) is 7.96. The monoisotopic (exact) mass is 416 g/mol. The third-order valence-corrected chi connectivity index (χ3v) is 5.79. The predicted octanol–water partition coefficient (Wildman–Crippen LogP) is 4.62. The number of nitrogens with zero attached hydrogens (tertiary/aromatic N) is 2. The van der Waals surface area contributed by atoms with Gasteiger partial charge in [0.1, 0.15) is 5.75 Å². The number of anilines is 1. The molecular formula is C21H21ClN2O3S. The van der Waals surface area contributed by atoms with Crippen LogP contribution in [0.4, 0.5) is 5.69 Å². The third kappa shape index (κ3) is 4.56. The zero-order chi connectivity index (χ0) is 20.3. The van der Waals surface area contributed by atoms with E-state index >= 15 is 0 Å². The van der Waals surface area contributed by atoms with Crippen molar-refractivity contribution in [1.82, 2.24) is 0 Å². The number of methoxy groups -OCH3 is 1. The Kier molecular flexibility index (Phi) is 6.42. The van der Waals surface area contributed by atoms with E-state index in [0.29, 0.717) is 32.8 Å². The van der Waals surface area contributed by atoms with E-state index < -0.39 is 0 Å². The van der Waals surface area contributed by atoms with Crippen molar-refractivity contribution < 1.29 is 14.3 Å². The number of benzene rings is 2. The van der Waals surface area contributed by atoms with Crippen molar-refractivity contribution in [2.75, 3.05) is 17.8 Å². The summed E-state index contributed by atoms with van der Waals surface area (Å²) in [6.07, 6.45) is 0.0842. The largest absolute Gasteiger partial charge is 0.496 e. The van der Waals surface area contributed by atoms with Gasteiger partial charge in [0.2, 0.25) is 5.91 Å². The van der Waals surface area contributed by atoms with Crippen LogP contribution in [0.25, 0.3) is 0 Å². The zero-order valence-electron chi connectivity index (χ0n) is 15.9. The van der Waals surface area contributed by atoms with Crippen molar-refractivity contribution in [2.24, 2.45) is 4.99 Å². The first kappa shape index (κ1) is 20.4. The number of carbonyl (C=O) groups is 2. The molecule has 1 aliphatic rings. The molecule has 146 valence electrons. The quantitative estimate of drug-likeness (QED) is 0.667. The van der Waals surface area contributed by atoms with E-state index in [4.69, 9.17) is 16.3 Å². The van der Waals surface area contributed by atoms with Gasteiger partial charge in [-0.1, -0.05) is 23.4 Å². The smallest absolute Gasteiger partial charge is 0.237 e. The number of Topliss-reactive ketones (excluding diaryl/α,β-unsaturated/α-hetero) is 1. The van der Waals surface area contributed by atoms with Gasteiger partial charge in [0.15, 0.2) is 11.0 Å². The molecule has 0 saturated carbocycles. The number of amides is 1. The number of rotatable bonds is 5. The van der Waals surface area contributed by atoms with Gasteiger partial charge in [0.25, 0.3) is 0 Å². The molecule has 0 fully saturated rings. The Morgan fingerprint density at radius 3 is 2.54 bits per heavy atom. The van der Waals surface area contributed by atoms with Crippen LogP contribution in [0.15, 0.2) is 47.5 Å². The predicted molar refractivity (Wildman–Crippen MR) is 115 cm³/mol. The van der Waals surface area contributed by atoms with Crippen molar-refractivity contribution in [3.8, 4) is 5.75 Å². The fourth-order valence-electron chi connectivity index (χ4n) is 2.91. The number of thioether (sulfide) groups is 1. The van der Waals surface area contributed by atoms with Crippen LogP contribution < -0.4 is 9.64 Å². The van der Waals surface area contributed by atoms with E-state index in [1.807, 2.05) is 6.92 Å². The Morgan fingerprint density at radius 2 is 1.96 bits per heavy atom. The molecule has 1 heterocycles. The first-order chi connectivity index (χ1) is 13.4. The number of ketones is 1. The molecule has 28 heavy (non-hydrogen) atoms. The third-order valence-electron chi connectivity index (χ3n) is 4.34. The lowest BCUT2D eigenvalue weighted by molar-refractivity contribution is -0.117. The van der Waals surface area contributed by atoms with Crippen LogP contribution in [-0.4, -0.2) is 35.8 Å². The van der Waals surface area contributed by atoms with Crippen molar-refractivity contribution in [2.45, 2.75) is 26.3 Å². The van der Waals surface area contributed by atoms with Crippen molar-refractivity contribution in [3.05, 3.63) is 58.6 Å². The van der Waals surface area contributed by atoms with Crippen LogP contribution in [0.1, 0.15) is 29.8 Å². The maximum absolute atomic E-state index is 13.3. The van der Waals surface area contributed by atoms with E-state index in [-0.39, 0.29) is 24.2 Å². The topological polar surface area (TPSA) is 59.0 Å². The van der Waals surface area contributed by atoms with Crippen molar-refractivity contribution in [1.29, 1.82) is 0 Å². The number of ether oxygens (including phenoxy) is 1. The average molecular weight is 417 g/mol. The molecule has 3 rings (SSSR count). The highest BCUT2D eigenvalue weighted by molar-refractivity contribution is 8.14. The minimum atomic E-state index is -0.151. The van der Waals surface area contributed by atoms with Gasteiger partial charge in [-0.2, -0.15) is 0 Å². The highest BCUT2D eigenvalue weighted by atomic mass is 35.5. The molecule has 1 atom stereocenters. The van der Waals surface area contributed by atoms with E-state index in [0.717, 1.165) is 5.75 Å². The molecule has 0 saturated heterocycles. The number of hydrogen-bond donors (Lipinski definition) is 0. The van der Waals surface area contributed by atoms with Gasteiger partial charge in [-0.05, 0) is 56.3 Å².